The first-order valence-electron chi connectivity index (χ1n) is 6.93. The number of carbonyl (C=O) groups excluding carboxylic acids is 2. The molecule has 2 amide bonds. The second kappa shape index (κ2) is 6.52. The van der Waals surface area contributed by atoms with Crippen LogP contribution in [0.2, 0.25) is 0 Å². The molecule has 0 saturated carbocycles. The first-order valence-corrected chi connectivity index (χ1v) is 6.93. The largest absolute Gasteiger partial charge is 0.370 e. The molecule has 5 nitrogen and oxygen atoms in total. The molecule has 20 heavy (non-hydrogen) atoms. The van der Waals surface area contributed by atoms with Gasteiger partial charge in [-0.05, 0) is 19.1 Å². The maximum absolute atomic E-state index is 12.4. The number of amides is 2. The Morgan fingerprint density at radius 1 is 1.20 bits per heavy atom. The van der Waals surface area contributed by atoms with Gasteiger partial charge in [0.05, 0.1) is 0 Å². The lowest BCUT2D eigenvalue weighted by atomic mass is 10.1. The van der Waals surface area contributed by atoms with E-state index in [1.165, 1.54) is 0 Å². The van der Waals surface area contributed by atoms with E-state index >= 15 is 0 Å². The van der Waals surface area contributed by atoms with Crippen molar-refractivity contribution in [3.05, 3.63) is 35.4 Å². The molecule has 0 radical (unpaired) electrons. The summed E-state index contributed by atoms with van der Waals surface area (Å²) >= 11 is 0. The van der Waals surface area contributed by atoms with Crippen LogP contribution in [0.15, 0.2) is 24.3 Å². The minimum Gasteiger partial charge on any atom is -0.370 e. The first-order chi connectivity index (χ1) is 9.56. The molecule has 0 unspecified atom stereocenters. The predicted molar refractivity (Wildman–Crippen MR) is 77.3 cm³/mol. The molecule has 1 aromatic carbocycles. The summed E-state index contributed by atoms with van der Waals surface area (Å²) in [7, 11) is 0. The van der Waals surface area contributed by atoms with Gasteiger partial charge >= 0.3 is 0 Å². The zero-order valence-electron chi connectivity index (χ0n) is 11.8. The van der Waals surface area contributed by atoms with Crippen LogP contribution in [0.1, 0.15) is 22.3 Å². The number of primary amides is 1. The lowest BCUT2D eigenvalue weighted by Crippen LogP contribution is -2.49. The molecule has 1 aliphatic heterocycles. The molecule has 1 fully saturated rings. The Hall–Kier alpha value is -1.88. The molecule has 2 N–H and O–H groups in total. The molecule has 2 rings (SSSR count). The van der Waals surface area contributed by atoms with Crippen molar-refractivity contribution in [1.82, 2.24) is 9.80 Å². The summed E-state index contributed by atoms with van der Waals surface area (Å²) in [5.74, 6) is -0.188. The van der Waals surface area contributed by atoms with Crippen molar-refractivity contribution in [2.75, 3.05) is 32.7 Å². The summed E-state index contributed by atoms with van der Waals surface area (Å²) in [5.41, 5.74) is 6.98. The van der Waals surface area contributed by atoms with Crippen LogP contribution >= 0.6 is 0 Å². The first kappa shape index (κ1) is 14.5. The van der Waals surface area contributed by atoms with Crippen molar-refractivity contribution >= 4 is 11.8 Å². The van der Waals surface area contributed by atoms with Crippen LogP contribution in [0, 0.1) is 6.92 Å². The average Bonchev–Trinajstić information content (AvgIpc) is 2.45. The molecule has 5 heteroatoms. The standard InChI is InChI=1S/C15H21N3O2/c1-12-3-2-4-13(11-12)15(20)18-9-7-17(8-10-18)6-5-14(16)19/h2-4,11H,5-10H2,1H3,(H2,16,19). The molecule has 1 aliphatic rings. The summed E-state index contributed by atoms with van der Waals surface area (Å²) < 4.78 is 0. The second-order valence-electron chi connectivity index (χ2n) is 5.22. The topological polar surface area (TPSA) is 66.6 Å². The molecule has 1 heterocycles. The number of carbonyl (C=O) groups is 2. The van der Waals surface area contributed by atoms with Crippen LogP contribution in [0.4, 0.5) is 0 Å². The van der Waals surface area contributed by atoms with Gasteiger partial charge in [-0.2, -0.15) is 0 Å². The maximum atomic E-state index is 12.4. The van der Waals surface area contributed by atoms with Gasteiger partial charge in [0.15, 0.2) is 0 Å². The number of rotatable bonds is 4. The Labute approximate surface area is 119 Å². The van der Waals surface area contributed by atoms with E-state index in [-0.39, 0.29) is 11.8 Å². The Balaban J connectivity index is 1.87. The number of hydrogen-bond donors (Lipinski definition) is 1. The Bertz CT molecular complexity index is 494. The molecule has 0 bridgehead atoms. The molecule has 1 aromatic rings. The van der Waals surface area contributed by atoms with Gasteiger partial charge in [-0.1, -0.05) is 17.7 Å². The highest BCUT2D eigenvalue weighted by molar-refractivity contribution is 5.94. The van der Waals surface area contributed by atoms with Gasteiger partial charge in [-0.25, -0.2) is 0 Å². The van der Waals surface area contributed by atoms with Crippen LogP contribution in [0.3, 0.4) is 0 Å². The molecular weight excluding hydrogens is 254 g/mol. The predicted octanol–water partition coefficient (Wildman–Crippen LogP) is 0.628. The fourth-order valence-corrected chi connectivity index (χ4v) is 2.40. The van der Waals surface area contributed by atoms with Gasteiger partial charge in [0.2, 0.25) is 5.91 Å². The highest BCUT2D eigenvalue weighted by Crippen LogP contribution is 2.10. The molecule has 0 atom stereocenters. The van der Waals surface area contributed by atoms with Gasteiger partial charge in [0, 0.05) is 44.7 Å². The molecule has 0 aliphatic carbocycles. The van der Waals surface area contributed by atoms with Crippen molar-refractivity contribution < 1.29 is 9.59 Å². The number of piperazine rings is 1. The number of benzene rings is 1. The van der Waals surface area contributed by atoms with Crippen LogP contribution in [0.5, 0.6) is 0 Å². The third-order valence-electron chi connectivity index (χ3n) is 3.60. The monoisotopic (exact) mass is 275 g/mol. The van der Waals surface area contributed by atoms with E-state index in [9.17, 15) is 9.59 Å². The van der Waals surface area contributed by atoms with E-state index in [1.807, 2.05) is 36.1 Å². The molecule has 108 valence electrons. The Morgan fingerprint density at radius 2 is 1.90 bits per heavy atom. The van der Waals surface area contributed by atoms with Gasteiger partial charge in [0.25, 0.3) is 5.91 Å². The highest BCUT2D eigenvalue weighted by Gasteiger charge is 2.22. The van der Waals surface area contributed by atoms with Crippen LogP contribution in [-0.2, 0) is 4.79 Å². The fourth-order valence-electron chi connectivity index (χ4n) is 2.40. The van der Waals surface area contributed by atoms with Gasteiger partial charge in [0.1, 0.15) is 0 Å². The van der Waals surface area contributed by atoms with E-state index in [1.54, 1.807) is 0 Å². The average molecular weight is 275 g/mol. The summed E-state index contributed by atoms with van der Waals surface area (Å²) in [4.78, 5) is 27.2. The van der Waals surface area contributed by atoms with Crippen LogP contribution in [-0.4, -0.2) is 54.3 Å². The minimum atomic E-state index is -0.275. The summed E-state index contributed by atoms with van der Waals surface area (Å²) in [6.07, 6.45) is 0.381. The number of aryl methyl sites for hydroxylation is 1. The second-order valence-corrected chi connectivity index (χ2v) is 5.22. The van der Waals surface area contributed by atoms with Gasteiger partial charge in [-0.15, -0.1) is 0 Å². The number of hydrogen-bond acceptors (Lipinski definition) is 3. The molecular formula is C15H21N3O2. The molecule has 0 aromatic heterocycles. The maximum Gasteiger partial charge on any atom is 0.253 e. The van der Waals surface area contributed by atoms with E-state index in [4.69, 9.17) is 5.73 Å². The smallest absolute Gasteiger partial charge is 0.253 e. The SMILES string of the molecule is Cc1cccc(C(=O)N2CCN(CCC(N)=O)CC2)c1. The third kappa shape index (κ3) is 3.81. The van der Waals surface area contributed by atoms with Crippen molar-refractivity contribution in [2.45, 2.75) is 13.3 Å². The van der Waals surface area contributed by atoms with Crippen molar-refractivity contribution in [3.8, 4) is 0 Å². The van der Waals surface area contributed by atoms with Crippen molar-refractivity contribution in [2.24, 2.45) is 5.73 Å². The van der Waals surface area contributed by atoms with Gasteiger partial charge in [-0.3, -0.25) is 14.5 Å². The molecule has 0 spiro atoms. The van der Waals surface area contributed by atoms with Crippen LogP contribution in [0.25, 0.3) is 0 Å². The highest BCUT2D eigenvalue weighted by atomic mass is 16.2. The van der Waals surface area contributed by atoms with Gasteiger partial charge < -0.3 is 10.6 Å². The van der Waals surface area contributed by atoms with Crippen molar-refractivity contribution in [3.63, 3.8) is 0 Å². The van der Waals surface area contributed by atoms with Crippen molar-refractivity contribution in [1.29, 1.82) is 0 Å². The minimum absolute atomic E-state index is 0.0863. The number of nitrogens with two attached hydrogens (primary N) is 1. The quantitative estimate of drug-likeness (QED) is 0.876. The van der Waals surface area contributed by atoms with Crippen LogP contribution < -0.4 is 5.73 Å². The summed E-state index contributed by atoms with van der Waals surface area (Å²) in [6, 6.07) is 7.67. The lowest BCUT2D eigenvalue weighted by Gasteiger charge is -2.34. The van der Waals surface area contributed by atoms with E-state index in [2.05, 4.69) is 4.90 Å². The summed E-state index contributed by atoms with van der Waals surface area (Å²) in [6.45, 7) is 5.66. The van der Waals surface area contributed by atoms with E-state index < -0.39 is 0 Å². The zero-order chi connectivity index (χ0) is 14.5. The number of nitrogens with zero attached hydrogens (tertiary/aromatic N) is 2. The summed E-state index contributed by atoms with van der Waals surface area (Å²) in [5, 5.41) is 0. The third-order valence-corrected chi connectivity index (χ3v) is 3.60. The Kier molecular flexibility index (Phi) is 4.74. The van der Waals surface area contributed by atoms with E-state index in [0.717, 1.165) is 24.2 Å². The normalized spacial score (nSPS) is 16.1. The zero-order valence-corrected chi connectivity index (χ0v) is 11.8. The molecule has 1 saturated heterocycles. The lowest BCUT2D eigenvalue weighted by molar-refractivity contribution is -0.118. The Morgan fingerprint density at radius 3 is 2.50 bits per heavy atom. The fraction of sp³-hybridized carbons (Fsp3) is 0.467. The van der Waals surface area contributed by atoms with E-state index in [0.29, 0.717) is 26.1 Å².